The number of nitrogens with one attached hydrogen (secondary N) is 2. The van der Waals surface area contributed by atoms with Crippen LogP contribution < -0.4 is 16.6 Å². The van der Waals surface area contributed by atoms with E-state index in [4.69, 9.17) is 23.2 Å². The van der Waals surface area contributed by atoms with E-state index in [2.05, 4.69) is 10.7 Å². The van der Waals surface area contributed by atoms with Gasteiger partial charge in [0.05, 0.1) is 0 Å². The van der Waals surface area contributed by atoms with Gasteiger partial charge in [0.15, 0.2) is 5.11 Å². The Bertz CT molecular complexity index is 240. The van der Waals surface area contributed by atoms with Gasteiger partial charge in [-0.15, -0.1) is 0 Å². The van der Waals surface area contributed by atoms with Crippen LogP contribution in [0, 0.1) is 0 Å². The second-order valence-corrected chi connectivity index (χ2v) is 2.37. The Morgan fingerprint density at radius 1 is 1.31 bits per heavy atom. The summed E-state index contributed by atoms with van der Waals surface area (Å²) in [5.74, 6) is 5.07. The quantitative estimate of drug-likeness (QED) is 0.300. The van der Waals surface area contributed by atoms with Gasteiger partial charge in [-0.05, 0) is 24.4 Å². The van der Waals surface area contributed by atoms with E-state index < -0.39 is 0 Å². The zero-order valence-electron chi connectivity index (χ0n) is 7.32. The topological polar surface area (TPSA) is 70.3 Å². The molecule has 0 amide bonds. The number of rotatable bonds is 1. The number of hydrogen-bond acceptors (Lipinski definition) is 3. The molecule has 0 aliphatic carbocycles. The average Bonchev–Trinajstić information content (AvgIpc) is 2.22. The van der Waals surface area contributed by atoms with Gasteiger partial charge in [0.2, 0.25) is 0 Å². The maximum atomic E-state index is 7.00. The number of benzene rings is 1. The highest BCUT2D eigenvalue weighted by Crippen LogP contribution is 2.03. The normalized spacial score (nSPS) is 7.92. The van der Waals surface area contributed by atoms with Crippen molar-refractivity contribution in [2.75, 3.05) is 12.4 Å². The zero-order valence-corrected chi connectivity index (χ0v) is 8.14. The van der Waals surface area contributed by atoms with Crippen molar-refractivity contribution < 1.29 is 5.11 Å². The lowest BCUT2D eigenvalue weighted by Crippen LogP contribution is -2.34. The Hall–Kier alpha value is -1.17. The third-order valence-corrected chi connectivity index (χ3v) is 1.38. The van der Waals surface area contributed by atoms with E-state index in [0.29, 0.717) is 5.11 Å². The van der Waals surface area contributed by atoms with Crippen LogP contribution in [0.25, 0.3) is 0 Å². The molecule has 0 radical (unpaired) electrons. The predicted octanol–water partition coefficient (Wildman–Crippen LogP) is 0.455. The van der Waals surface area contributed by atoms with Gasteiger partial charge < -0.3 is 15.8 Å². The number of anilines is 1. The van der Waals surface area contributed by atoms with Crippen molar-refractivity contribution in [2.24, 2.45) is 5.84 Å². The fraction of sp³-hybridized carbons (Fsp3) is 0.125. The van der Waals surface area contributed by atoms with Crippen molar-refractivity contribution in [1.82, 2.24) is 5.43 Å². The molecule has 5 heteroatoms. The first kappa shape index (κ1) is 11.8. The van der Waals surface area contributed by atoms with Crippen molar-refractivity contribution in [3.05, 3.63) is 30.3 Å². The van der Waals surface area contributed by atoms with Crippen molar-refractivity contribution in [3.8, 4) is 0 Å². The van der Waals surface area contributed by atoms with E-state index in [-0.39, 0.29) is 0 Å². The van der Waals surface area contributed by atoms with Gasteiger partial charge in [0.1, 0.15) is 0 Å². The molecule has 13 heavy (non-hydrogen) atoms. The number of para-hydroxylation sites is 1. The van der Waals surface area contributed by atoms with Gasteiger partial charge in [0, 0.05) is 12.8 Å². The molecule has 0 aliphatic rings. The monoisotopic (exact) mass is 199 g/mol. The lowest BCUT2D eigenvalue weighted by molar-refractivity contribution is 0.399. The Morgan fingerprint density at radius 3 is 2.31 bits per heavy atom. The maximum Gasteiger partial charge on any atom is 0.185 e. The number of hydrogen-bond donors (Lipinski definition) is 4. The molecule has 4 nitrogen and oxygen atoms in total. The van der Waals surface area contributed by atoms with Gasteiger partial charge in [-0.25, -0.2) is 5.84 Å². The minimum atomic E-state index is 0.413. The number of hydrazine groups is 1. The number of aliphatic hydroxyl groups excluding tert-OH is 1. The molecular weight excluding hydrogens is 186 g/mol. The first-order valence-corrected chi connectivity index (χ1v) is 4.01. The van der Waals surface area contributed by atoms with Crippen molar-refractivity contribution in [1.29, 1.82) is 0 Å². The molecule has 0 atom stereocenters. The first-order chi connectivity index (χ1) is 6.33. The van der Waals surface area contributed by atoms with Crippen LogP contribution in [0.3, 0.4) is 0 Å². The second-order valence-electron chi connectivity index (χ2n) is 1.96. The second kappa shape index (κ2) is 7.48. The molecule has 1 aromatic carbocycles. The molecule has 72 valence electrons. The van der Waals surface area contributed by atoms with Crippen LogP contribution in [-0.2, 0) is 0 Å². The van der Waals surface area contributed by atoms with Crippen LogP contribution in [0.5, 0.6) is 0 Å². The van der Waals surface area contributed by atoms with Gasteiger partial charge >= 0.3 is 0 Å². The summed E-state index contributed by atoms with van der Waals surface area (Å²) >= 11 is 4.79. The largest absolute Gasteiger partial charge is 0.400 e. The number of thiocarbonyl (C=S) groups is 1. The van der Waals surface area contributed by atoms with Gasteiger partial charge in [-0.2, -0.15) is 0 Å². The first-order valence-electron chi connectivity index (χ1n) is 3.60. The minimum Gasteiger partial charge on any atom is -0.400 e. The molecule has 0 bridgehead atoms. The maximum absolute atomic E-state index is 7.00. The molecule has 5 N–H and O–H groups in total. The molecule has 0 unspecified atom stereocenters. The van der Waals surface area contributed by atoms with Crippen LogP contribution in [-0.4, -0.2) is 17.3 Å². The van der Waals surface area contributed by atoms with Crippen molar-refractivity contribution >= 4 is 23.0 Å². The summed E-state index contributed by atoms with van der Waals surface area (Å²) in [7, 11) is 1.00. The smallest absolute Gasteiger partial charge is 0.185 e. The molecule has 0 heterocycles. The van der Waals surface area contributed by atoms with Crippen molar-refractivity contribution in [2.45, 2.75) is 0 Å². The Morgan fingerprint density at radius 2 is 1.85 bits per heavy atom. The Kier molecular flexibility index (Phi) is 6.80. The lowest BCUT2D eigenvalue weighted by Gasteiger charge is -2.04. The molecule has 0 aromatic heterocycles. The summed E-state index contributed by atoms with van der Waals surface area (Å²) in [6.45, 7) is 0. The predicted molar refractivity (Wildman–Crippen MR) is 58.1 cm³/mol. The van der Waals surface area contributed by atoms with Crippen molar-refractivity contribution in [3.63, 3.8) is 0 Å². The van der Waals surface area contributed by atoms with E-state index in [0.717, 1.165) is 12.8 Å². The van der Waals surface area contributed by atoms with Gasteiger partial charge in [-0.3, -0.25) is 0 Å². The van der Waals surface area contributed by atoms with E-state index in [1.807, 2.05) is 30.3 Å². The van der Waals surface area contributed by atoms with Gasteiger partial charge in [0.25, 0.3) is 0 Å². The van der Waals surface area contributed by atoms with Crippen LogP contribution in [0.15, 0.2) is 30.3 Å². The Balaban J connectivity index is 0.000000671. The van der Waals surface area contributed by atoms with E-state index in [9.17, 15) is 0 Å². The molecule has 0 spiro atoms. The molecular formula is C8H13N3OS. The number of aliphatic hydroxyl groups is 1. The van der Waals surface area contributed by atoms with E-state index in [1.165, 1.54) is 0 Å². The average molecular weight is 199 g/mol. The van der Waals surface area contributed by atoms with E-state index in [1.54, 1.807) is 0 Å². The minimum absolute atomic E-state index is 0.413. The summed E-state index contributed by atoms with van der Waals surface area (Å²) < 4.78 is 0. The molecule has 1 aromatic rings. The fourth-order valence-corrected chi connectivity index (χ4v) is 0.807. The third kappa shape index (κ3) is 5.13. The SMILES string of the molecule is CO.NNC(=S)Nc1ccccc1. The van der Waals surface area contributed by atoms with Gasteiger partial charge in [-0.1, -0.05) is 18.2 Å². The summed E-state index contributed by atoms with van der Waals surface area (Å²) in [5.41, 5.74) is 3.26. The molecule has 0 fully saturated rings. The van der Waals surface area contributed by atoms with Crippen LogP contribution in [0.2, 0.25) is 0 Å². The zero-order chi connectivity index (χ0) is 10.1. The highest BCUT2D eigenvalue weighted by atomic mass is 32.1. The molecule has 0 aliphatic heterocycles. The molecule has 1 rings (SSSR count). The van der Waals surface area contributed by atoms with Crippen LogP contribution >= 0.6 is 12.2 Å². The third-order valence-electron chi connectivity index (χ3n) is 1.16. The standard InChI is InChI=1S/C7H9N3S.CH4O/c8-10-7(11)9-6-4-2-1-3-5-6;1-2/h1-5H,8H2,(H2,9,10,11);2H,1H3. The summed E-state index contributed by atoms with van der Waals surface area (Å²) in [6, 6.07) is 9.58. The molecule has 0 saturated carbocycles. The molecule has 0 saturated heterocycles. The highest BCUT2D eigenvalue weighted by molar-refractivity contribution is 7.80. The van der Waals surface area contributed by atoms with Crippen LogP contribution in [0.4, 0.5) is 5.69 Å². The van der Waals surface area contributed by atoms with Crippen LogP contribution in [0.1, 0.15) is 0 Å². The Labute approximate surface area is 82.7 Å². The lowest BCUT2D eigenvalue weighted by atomic mass is 10.3. The number of nitrogens with two attached hydrogens (primary N) is 1. The fourth-order valence-electron chi connectivity index (χ4n) is 0.689. The van der Waals surface area contributed by atoms with E-state index >= 15 is 0 Å². The summed E-state index contributed by atoms with van der Waals surface area (Å²) in [5, 5.41) is 10.3. The summed E-state index contributed by atoms with van der Waals surface area (Å²) in [4.78, 5) is 0. The summed E-state index contributed by atoms with van der Waals surface area (Å²) in [6.07, 6.45) is 0. The highest BCUT2D eigenvalue weighted by Gasteiger charge is 1.90.